The molecule has 1 saturated heterocycles. The molecule has 5 heteroatoms. The fourth-order valence-electron chi connectivity index (χ4n) is 2.20. The first-order chi connectivity index (χ1) is 10.6. The third-order valence-corrected chi connectivity index (χ3v) is 3.46. The van der Waals surface area contributed by atoms with E-state index in [0.717, 1.165) is 17.1 Å². The van der Waals surface area contributed by atoms with Crippen molar-refractivity contribution in [2.45, 2.75) is 20.1 Å². The lowest BCUT2D eigenvalue weighted by molar-refractivity contribution is -0.131. The zero-order valence-corrected chi connectivity index (χ0v) is 13.6. The van der Waals surface area contributed by atoms with Gasteiger partial charge in [-0.3, -0.25) is 0 Å². The second-order valence-electron chi connectivity index (χ2n) is 5.79. The molecule has 1 heterocycles. The summed E-state index contributed by atoms with van der Waals surface area (Å²) in [6.07, 6.45) is 3.22. The maximum Gasteiger partial charge on any atom is 0.166 e. The highest BCUT2D eigenvalue weighted by molar-refractivity contribution is 5.59. The molecular weight excluding hydrogens is 284 g/mol. The molecular formula is C17H24O5. The van der Waals surface area contributed by atoms with Gasteiger partial charge in [0.15, 0.2) is 6.29 Å². The Morgan fingerprint density at radius 3 is 2.59 bits per heavy atom. The molecule has 0 spiro atoms. The van der Waals surface area contributed by atoms with Gasteiger partial charge in [0.2, 0.25) is 0 Å². The van der Waals surface area contributed by atoms with Crippen LogP contribution in [0.15, 0.2) is 24.5 Å². The molecule has 22 heavy (non-hydrogen) atoms. The van der Waals surface area contributed by atoms with Crippen LogP contribution in [-0.4, -0.2) is 40.3 Å². The summed E-state index contributed by atoms with van der Waals surface area (Å²) in [4.78, 5) is 0. The van der Waals surface area contributed by atoms with Crippen molar-refractivity contribution in [3.8, 4) is 11.5 Å². The fourth-order valence-corrected chi connectivity index (χ4v) is 2.20. The Morgan fingerprint density at radius 2 is 1.95 bits per heavy atom. The van der Waals surface area contributed by atoms with Gasteiger partial charge >= 0.3 is 0 Å². The van der Waals surface area contributed by atoms with Gasteiger partial charge < -0.3 is 23.7 Å². The lowest BCUT2D eigenvalue weighted by atomic mass is 9.94. The van der Waals surface area contributed by atoms with Crippen LogP contribution in [0.1, 0.15) is 19.4 Å². The Kier molecular flexibility index (Phi) is 5.69. The van der Waals surface area contributed by atoms with E-state index in [1.165, 1.54) is 0 Å². The predicted molar refractivity (Wildman–Crippen MR) is 84.0 cm³/mol. The van der Waals surface area contributed by atoms with E-state index in [1.807, 2.05) is 24.3 Å². The van der Waals surface area contributed by atoms with Crippen LogP contribution in [0.2, 0.25) is 0 Å². The van der Waals surface area contributed by atoms with Gasteiger partial charge in [-0.15, -0.1) is 0 Å². The van der Waals surface area contributed by atoms with Gasteiger partial charge in [0.25, 0.3) is 0 Å². The highest BCUT2D eigenvalue weighted by atomic mass is 16.7. The molecule has 0 amide bonds. The zero-order chi connectivity index (χ0) is 16.0. The molecule has 0 bridgehead atoms. The lowest BCUT2D eigenvalue weighted by Crippen LogP contribution is -2.35. The fraction of sp³-hybridized carbons (Fsp3) is 0.529. The van der Waals surface area contributed by atoms with E-state index in [1.54, 1.807) is 20.5 Å². The third kappa shape index (κ3) is 4.15. The van der Waals surface area contributed by atoms with Crippen molar-refractivity contribution in [1.82, 2.24) is 0 Å². The Hall–Kier alpha value is -1.72. The van der Waals surface area contributed by atoms with Crippen LogP contribution in [0, 0.1) is 5.41 Å². The van der Waals surface area contributed by atoms with E-state index in [-0.39, 0.29) is 11.7 Å². The number of methoxy groups -OCH3 is 2. The smallest absolute Gasteiger partial charge is 0.166 e. The van der Waals surface area contributed by atoms with Crippen LogP contribution in [0.25, 0.3) is 6.08 Å². The van der Waals surface area contributed by atoms with Crippen molar-refractivity contribution in [1.29, 1.82) is 0 Å². The molecule has 0 aliphatic carbocycles. The molecule has 1 fully saturated rings. The van der Waals surface area contributed by atoms with Crippen LogP contribution < -0.4 is 9.47 Å². The molecule has 0 radical (unpaired) electrons. The summed E-state index contributed by atoms with van der Waals surface area (Å²) in [5.41, 5.74) is 0.656. The monoisotopic (exact) mass is 308 g/mol. The second-order valence-corrected chi connectivity index (χ2v) is 5.79. The Balaban J connectivity index is 2.09. The molecule has 5 nitrogen and oxygen atoms in total. The molecule has 0 aromatic heterocycles. The van der Waals surface area contributed by atoms with Crippen LogP contribution >= 0.6 is 0 Å². The van der Waals surface area contributed by atoms with Crippen LogP contribution in [0.5, 0.6) is 11.5 Å². The first-order valence-corrected chi connectivity index (χ1v) is 7.30. The quantitative estimate of drug-likeness (QED) is 0.724. The van der Waals surface area contributed by atoms with Gasteiger partial charge in [0, 0.05) is 11.0 Å². The second kappa shape index (κ2) is 7.51. The topological polar surface area (TPSA) is 46.2 Å². The largest absolute Gasteiger partial charge is 0.504 e. The van der Waals surface area contributed by atoms with E-state index in [0.29, 0.717) is 19.8 Å². The molecule has 1 aliphatic rings. The van der Waals surface area contributed by atoms with Crippen LogP contribution in [-0.2, 0) is 14.2 Å². The zero-order valence-electron chi connectivity index (χ0n) is 13.6. The number of hydrogen-bond donors (Lipinski definition) is 0. The van der Waals surface area contributed by atoms with Gasteiger partial charge in [0.1, 0.15) is 11.5 Å². The van der Waals surface area contributed by atoms with E-state index in [2.05, 4.69) is 13.8 Å². The Labute approximate surface area is 131 Å². The maximum atomic E-state index is 5.99. The summed E-state index contributed by atoms with van der Waals surface area (Å²) < 4.78 is 27.4. The van der Waals surface area contributed by atoms with Gasteiger partial charge in [-0.2, -0.15) is 0 Å². The van der Waals surface area contributed by atoms with Crippen molar-refractivity contribution in [2.75, 3.05) is 34.0 Å². The summed E-state index contributed by atoms with van der Waals surface area (Å²) in [5, 5.41) is 0. The van der Waals surface area contributed by atoms with Crippen molar-refractivity contribution in [2.24, 2.45) is 5.41 Å². The molecule has 1 aliphatic heterocycles. The van der Waals surface area contributed by atoms with Crippen LogP contribution in [0.4, 0.5) is 0 Å². The minimum atomic E-state index is -0.237. The molecule has 1 aromatic carbocycles. The van der Waals surface area contributed by atoms with Crippen LogP contribution in [0.3, 0.4) is 0 Å². The number of ether oxygens (including phenoxy) is 5. The first kappa shape index (κ1) is 16.6. The summed E-state index contributed by atoms with van der Waals surface area (Å²) >= 11 is 0. The highest BCUT2D eigenvalue weighted by Gasteiger charge is 2.35. The summed E-state index contributed by atoms with van der Waals surface area (Å²) in [6, 6.07) is 5.66. The molecule has 0 unspecified atom stereocenters. The molecule has 0 N–H and O–H groups in total. The lowest BCUT2D eigenvalue weighted by Gasteiger charge is -2.29. The number of hydrogen-bond acceptors (Lipinski definition) is 5. The standard InChI is InChI=1S/C17H24O5/c1-17(2,16-20-9-10-21-16)12-22-15-6-5-14(19-4)11-13(15)7-8-18-3/h5-8,11,16H,9-10,12H2,1-4H3/b8-7+. The van der Waals surface area contributed by atoms with E-state index >= 15 is 0 Å². The summed E-state index contributed by atoms with van der Waals surface area (Å²) in [5.74, 6) is 1.53. The van der Waals surface area contributed by atoms with Gasteiger partial charge in [-0.25, -0.2) is 0 Å². The molecule has 0 atom stereocenters. The van der Waals surface area contributed by atoms with Gasteiger partial charge in [-0.1, -0.05) is 13.8 Å². The number of benzene rings is 1. The first-order valence-electron chi connectivity index (χ1n) is 7.30. The minimum Gasteiger partial charge on any atom is -0.504 e. The predicted octanol–water partition coefficient (Wildman–Crippen LogP) is 3.09. The van der Waals surface area contributed by atoms with Crippen molar-refractivity contribution in [3.05, 3.63) is 30.0 Å². The normalized spacial score (nSPS) is 16.2. The SMILES string of the molecule is CO/C=C/c1cc(OC)ccc1OCC(C)(C)C1OCCO1. The Morgan fingerprint density at radius 1 is 1.23 bits per heavy atom. The molecule has 2 rings (SSSR count). The van der Waals surface area contributed by atoms with Crippen molar-refractivity contribution in [3.63, 3.8) is 0 Å². The summed E-state index contributed by atoms with van der Waals surface area (Å²) in [7, 11) is 3.24. The average Bonchev–Trinajstić information content (AvgIpc) is 3.06. The van der Waals surface area contributed by atoms with E-state index < -0.39 is 0 Å². The average molecular weight is 308 g/mol. The maximum absolute atomic E-state index is 5.99. The summed E-state index contributed by atoms with van der Waals surface area (Å²) in [6.45, 7) is 5.89. The number of rotatable bonds is 7. The minimum absolute atomic E-state index is 0.233. The van der Waals surface area contributed by atoms with Crippen molar-refractivity contribution < 1.29 is 23.7 Å². The molecule has 1 aromatic rings. The highest BCUT2D eigenvalue weighted by Crippen LogP contribution is 2.31. The van der Waals surface area contributed by atoms with E-state index in [4.69, 9.17) is 23.7 Å². The van der Waals surface area contributed by atoms with Gasteiger partial charge in [0.05, 0.1) is 40.3 Å². The molecule has 122 valence electrons. The van der Waals surface area contributed by atoms with Crippen molar-refractivity contribution >= 4 is 6.08 Å². The Bertz CT molecular complexity index is 504. The molecule has 0 saturated carbocycles. The third-order valence-electron chi connectivity index (χ3n) is 3.46. The van der Waals surface area contributed by atoms with E-state index in [9.17, 15) is 0 Å². The van der Waals surface area contributed by atoms with Gasteiger partial charge in [-0.05, 0) is 24.3 Å².